The van der Waals surface area contributed by atoms with Gasteiger partial charge in [-0.25, -0.2) is 13.6 Å². The standard InChI is InChI=1S/C12H20N2O3S2/c1-3-9(4-2)12(15)14-8-7-10-5-6-11(18-10)19(13,16)17/h5-6,9H,3-4,7-8H2,1-2H3,(H,14,15)(H2,13,16,17). The molecule has 0 aliphatic heterocycles. The van der Waals surface area contributed by atoms with Crippen molar-refractivity contribution in [2.24, 2.45) is 11.1 Å². The van der Waals surface area contributed by atoms with Crippen LogP contribution in [0.5, 0.6) is 0 Å². The number of nitrogens with one attached hydrogen (secondary N) is 1. The van der Waals surface area contributed by atoms with E-state index in [1.165, 1.54) is 6.07 Å². The van der Waals surface area contributed by atoms with Crippen LogP contribution in [0.25, 0.3) is 0 Å². The molecule has 0 saturated carbocycles. The van der Waals surface area contributed by atoms with Crippen LogP contribution in [0.3, 0.4) is 0 Å². The molecule has 0 saturated heterocycles. The van der Waals surface area contributed by atoms with Gasteiger partial charge in [-0.15, -0.1) is 11.3 Å². The highest BCUT2D eigenvalue weighted by Gasteiger charge is 2.14. The van der Waals surface area contributed by atoms with E-state index in [0.717, 1.165) is 29.1 Å². The van der Waals surface area contributed by atoms with Crippen molar-refractivity contribution < 1.29 is 13.2 Å². The second-order valence-corrected chi connectivity index (χ2v) is 7.28. The molecule has 1 amide bonds. The van der Waals surface area contributed by atoms with Crippen LogP contribution < -0.4 is 10.5 Å². The molecule has 0 bridgehead atoms. The number of thiophene rings is 1. The van der Waals surface area contributed by atoms with Crippen LogP contribution in [0.4, 0.5) is 0 Å². The molecular formula is C12H20N2O3S2. The van der Waals surface area contributed by atoms with Crippen molar-refractivity contribution in [3.05, 3.63) is 17.0 Å². The lowest BCUT2D eigenvalue weighted by Gasteiger charge is -2.12. The minimum Gasteiger partial charge on any atom is -0.356 e. The Morgan fingerprint density at radius 3 is 2.47 bits per heavy atom. The van der Waals surface area contributed by atoms with Gasteiger partial charge in [-0.1, -0.05) is 13.8 Å². The maximum atomic E-state index is 11.7. The fraction of sp³-hybridized carbons (Fsp3) is 0.583. The van der Waals surface area contributed by atoms with Crippen LogP contribution >= 0.6 is 11.3 Å². The summed E-state index contributed by atoms with van der Waals surface area (Å²) in [6.45, 7) is 4.50. The first-order valence-corrected chi connectivity index (χ1v) is 8.64. The Hall–Kier alpha value is -0.920. The first-order chi connectivity index (χ1) is 8.88. The van der Waals surface area contributed by atoms with E-state index in [9.17, 15) is 13.2 Å². The molecule has 0 aliphatic carbocycles. The van der Waals surface area contributed by atoms with E-state index >= 15 is 0 Å². The summed E-state index contributed by atoms with van der Waals surface area (Å²) >= 11 is 1.15. The lowest BCUT2D eigenvalue weighted by molar-refractivity contribution is -0.125. The molecule has 0 aromatic carbocycles. The minimum atomic E-state index is -3.61. The predicted octanol–water partition coefficient (Wildman–Crippen LogP) is 1.49. The Kier molecular flexibility index (Phi) is 5.96. The predicted molar refractivity (Wildman–Crippen MR) is 76.5 cm³/mol. The van der Waals surface area contributed by atoms with Crippen molar-refractivity contribution in [3.63, 3.8) is 0 Å². The Morgan fingerprint density at radius 1 is 1.37 bits per heavy atom. The third kappa shape index (κ3) is 4.93. The van der Waals surface area contributed by atoms with Gasteiger partial charge in [0.15, 0.2) is 0 Å². The van der Waals surface area contributed by atoms with E-state index in [0.29, 0.717) is 13.0 Å². The number of hydrogen-bond acceptors (Lipinski definition) is 4. The molecule has 0 atom stereocenters. The van der Waals surface area contributed by atoms with Crippen molar-refractivity contribution >= 4 is 27.3 Å². The summed E-state index contributed by atoms with van der Waals surface area (Å²) in [7, 11) is -3.61. The molecule has 108 valence electrons. The van der Waals surface area contributed by atoms with Gasteiger partial charge in [0.05, 0.1) is 0 Å². The van der Waals surface area contributed by atoms with E-state index < -0.39 is 10.0 Å². The average molecular weight is 304 g/mol. The summed E-state index contributed by atoms with van der Waals surface area (Å²) in [5.74, 6) is 0.122. The highest BCUT2D eigenvalue weighted by atomic mass is 32.2. The van der Waals surface area contributed by atoms with Crippen molar-refractivity contribution in [2.45, 2.75) is 37.3 Å². The molecule has 1 heterocycles. The van der Waals surface area contributed by atoms with Crippen LogP contribution in [0.15, 0.2) is 16.3 Å². The Balaban J connectivity index is 2.46. The fourth-order valence-electron chi connectivity index (χ4n) is 1.76. The topological polar surface area (TPSA) is 89.3 Å². The number of carbonyl (C=O) groups excluding carboxylic acids is 1. The van der Waals surface area contributed by atoms with E-state index in [2.05, 4.69) is 5.32 Å². The normalized spacial score (nSPS) is 11.8. The summed E-state index contributed by atoms with van der Waals surface area (Å²) in [6.07, 6.45) is 2.28. The lowest BCUT2D eigenvalue weighted by Crippen LogP contribution is -2.31. The molecule has 0 aliphatic rings. The molecule has 1 aromatic rings. The molecule has 0 fully saturated rings. The van der Waals surface area contributed by atoms with Gasteiger partial charge >= 0.3 is 0 Å². The van der Waals surface area contributed by atoms with E-state index in [1.54, 1.807) is 6.07 Å². The second-order valence-electron chi connectivity index (χ2n) is 4.32. The monoisotopic (exact) mass is 304 g/mol. The third-order valence-corrected chi connectivity index (χ3v) is 5.53. The lowest BCUT2D eigenvalue weighted by atomic mass is 10.0. The SMILES string of the molecule is CCC(CC)C(=O)NCCc1ccc(S(N)(=O)=O)s1. The van der Waals surface area contributed by atoms with E-state index in [4.69, 9.17) is 5.14 Å². The van der Waals surface area contributed by atoms with Gasteiger partial charge < -0.3 is 5.32 Å². The summed E-state index contributed by atoms with van der Waals surface area (Å²) in [5.41, 5.74) is 0. The van der Waals surface area contributed by atoms with Gasteiger partial charge in [0.2, 0.25) is 15.9 Å². The van der Waals surface area contributed by atoms with Gasteiger partial charge in [-0.2, -0.15) is 0 Å². The molecule has 5 nitrogen and oxygen atoms in total. The molecule has 1 rings (SSSR count). The zero-order valence-electron chi connectivity index (χ0n) is 11.2. The van der Waals surface area contributed by atoms with Crippen molar-refractivity contribution in [2.75, 3.05) is 6.54 Å². The molecule has 0 radical (unpaired) electrons. The molecule has 0 unspecified atom stereocenters. The Morgan fingerprint density at radius 2 is 2.00 bits per heavy atom. The first kappa shape index (κ1) is 16.1. The number of nitrogens with two attached hydrogens (primary N) is 1. The van der Waals surface area contributed by atoms with Gasteiger partial charge in [-0.3, -0.25) is 4.79 Å². The number of sulfonamides is 1. The summed E-state index contributed by atoms with van der Waals surface area (Å²) < 4.78 is 22.4. The number of primary sulfonamides is 1. The van der Waals surface area contributed by atoms with Crippen molar-refractivity contribution in [1.29, 1.82) is 0 Å². The van der Waals surface area contributed by atoms with Crippen molar-refractivity contribution in [1.82, 2.24) is 5.32 Å². The minimum absolute atomic E-state index is 0.0586. The average Bonchev–Trinajstić information content (AvgIpc) is 2.79. The Labute approximate surface area is 118 Å². The van der Waals surface area contributed by atoms with Crippen molar-refractivity contribution in [3.8, 4) is 0 Å². The van der Waals surface area contributed by atoms with Crippen LogP contribution in [0, 0.1) is 5.92 Å². The molecule has 19 heavy (non-hydrogen) atoms. The number of hydrogen-bond donors (Lipinski definition) is 2. The third-order valence-electron chi connectivity index (χ3n) is 2.94. The molecule has 3 N–H and O–H groups in total. The molecule has 1 aromatic heterocycles. The smallest absolute Gasteiger partial charge is 0.247 e. The fourth-order valence-corrected chi connectivity index (χ4v) is 3.54. The van der Waals surface area contributed by atoms with Crippen LogP contribution in [0.2, 0.25) is 0 Å². The highest BCUT2D eigenvalue weighted by molar-refractivity contribution is 7.91. The van der Waals surface area contributed by atoms with Crippen LogP contribution in [-0.2, 0) is 21.2 Å². The van der Waals surface area contributed by atoms with Gasteiger partial charge in [0.25, 0.3) is 0 Å². The maximum absolute atomic E-state index is 11.7. The quantitative estimate of drug-likeness (QED) is 0.799. The van der Waals surface area contributed by atoms with E-state index in [-0.39, 0.29) is 16.0 Å². The second kappa shape index (κ2) is 7.02. The van der Waals surface area contributed by atoms with Gasteiger partial charge in [0.1, 0.15) is 4.21 Å². The summed E-state index contributed by atoms with van der Waals surface area (Å²) in [6, 6.07) is 3.23. The highest BCUT2D eigenvalue weighted by Crippen LogP contribution is 2.20. The van der Waals surface area contributed by atoms with Crippen LogP contribution in [0.1, 0.15) is 31.6 Å². The molecule has 0 spiro atoms. The molecular weight excluding hydrogens is 284 g/mol. The number of carbonyl (C=O) groups is 1. The van der Waals surface area contributed by atoms with Gasteiger partial charge in [-0.05, 0) is 31.4 Å². The zero-order valence-corrected chi connectivity index (χ0v) is 12.8. The first-order valence-electron chi connectivity index (χ1n) is 6.27. The number of rotatable bonds is 7. The summed E-state index contributed by atoms with van der Waals surface area (Å²) in [4.78, 5) is 12.6. The maximum Gasteiger partial charge on any atom is 0.247 e. The van der Waals surface area contributed by atoms with Gasteiger partial charge in [0, 0.05) is 17.3 Å². The Bertz CT molecular complexity index is 519. The molecule has 7 heteroatoms. The largest absolute Gasteiger partial charge is 0.356 e. The number of amides is 1. The summed E-state index contributed by atoms with van der Waals surface area (Å²) in [5, 5.41) is 7.90. The zero-order chi connectivity index (χ0) is 14.5. The van der Waals surface area contributed by atoms with Crippen LogP contribution in [-0.4, -0.2) is 20.9 Å². The van der Waals surface area contributed by atoms with E-state index in [1.807, 2.05) is 13.8 Å².